The quantitative estimate of drug-likeness (QED) is 0.640. The molecule has 0 aliphatic rings. The van der Waals surface area contributed by atoms with Crippen molar-refractivity contribution in [2.45, 2.75) is 13.3 Å². The lowest BCUT2D eigenvalue weighted by molar-refractivity contribution is 0.308. The number of para-hydroxylation sites is 1. The van der Waals surface area contributed by atoms with E-state index >= 15 is 0 Å². The SMILES string of the molecule is CCN(CCNCCCOc1ccccc1)c1cc(=O)n(C)c(=O)n1C. The van der Waals surface area contributed by atoms with Gasteiger partial charge in [-0.2, -0.15) is 0 Å². The zero-order valence-electron chi connectivity index (χ0n) is 15.8. The van der Waals surface area contributed by atoms with Crippen LogP contribution >= 0.6 is 0 Å². The van der Waals surface area contributed by atoms with E-state index in [2.05, 4.69) is 5.32 Å². The fourth-order valence-electron chi connectivity index (χ4n) is 2.70. The van der Waals surface area contributed by atoms with Crippen molar-refractivity contribution in [2.75, 3.05) is 37.7 Å². The van der Waals surface area contributed by atoms with Gasteiger partial charge in [0, 0.05) is 39.8 Å². The van der Waals surface area contributed by atoms with Crippen molar-refractivity contribution >= 4 is 5.82 Å². The molecule has 0 atom stereocenters. The first kappa shape index (κ1) is 19.8. The van der Waals surface area contributed by atoms with Crippen LogP contribution in [0.3, 0.4) is 0 Å². The first-order chi connectivity index (χ1) is 12.5. The molecule has 0 aliphatic heterocycles. The lowest BCUT2D eigenvalue weighted by atomic mass is 10.3. The third-order valence-electron chi connectivity index (χ3n) is 4.27. The standard InChI is InChI=1S/C19H28N4O3/c1-4-23(17-15-18(24)22(3)19(25)21(17)2)13-12-20-11-8-14-26-16-9-6-5-7-10-16/h5-7,9-10,15,20H,4,8,11-14H2,1-3H3. The van der Waals surface area contributed by atoms with Gasteiger partial charge in [-0.25, -0.2) is 4.79 Å². The van der Waals surface area contributed by atoms with Gasteiger partial charge in [0.1, 0.15) is 11.6 Å². The Morgan fingerprint density at radius 3 is 2.50 bits per heavy atom. The number of nitrogens with one attached hydrogen (secondary N) is 1. The zero-order valence-corrected chi connectivity index (χ0v) is 15.8. The third kappa shape index (κ3) is 5.23. The van der Waals surface area contributed by atoms with Crippen molar-refractivity contribution in [3.8, 4) is 5.75 Å². The molecule has 0 saturated heterocycles. The van der Waals surface area contributed by atoms with Crippen LogP contribution in [0, 0.1) is 0 Å². The van der Waals surface area contributed by atoms with Crippen LogP contribution in [0.1, 0.15) is 13.3 Å². The number of ether oxygens (including phenoxy) is 1. The third-order valence-corrected chi connectivity index (χ3v) is 4.27. The number of aromatic nitrogens is 2. The van der Waals surface area contributed by atoms with Crippen LogP contribution in [0.5, 0.6) is 5.75 Å². The van der Waals surface area contributed by atoms with Gasteiger partial charge in [0.15, 0.2) is 0 Å². The summed E-state index contributed by atoms with van der Waals surface area (Å²) in [7, 11) is 3.18. The molecule has 0 amide bonds. The number of hydrogen-bond donors (Lipinski definition) is 1. The molecular weight excluding hydrogens is 332 g/mol. The minimum absolute atomic E-state index is 0.285. The number of anilines is 1. The molecule has 0 radical (unpaired) electrons. The van der Waals surface area contributed by atoms with Gasteiger partial charge in [-0.3, -0.25) is 13.9 Å². The predicted octanol–water partition coefficient (Wildman–Crippen LogP) is 0.969. The number of nitrogens with zero attached hydrogens (tertiary/aromatic N) is 3. The Labute approximate surface area is 153 Å². The maximum absolute atomic E-state index is 12.1. The van der Waals surface area contributed by atoms with Gasteiger partial charge in [0.05, 0.1) is 6.61 Å². The van der Waals surface area contributed by atoms with E-state index in [1.165, 1.54) is 17.7 Å². The zero-order chi connectivity index (χ0) is 18.9. The molecule has 0 saturated carbocycles. The fourth-order valence-corrected chi connectivity index (χ4v) is 2.70. The highest BCUT2D eigenvalue weighted by molar-refractivity contribution is 5.38. The number of likely N-dealkylation sites (N-methyl/N-ethyl adjacent to an activating group) is 1. The first-order valence-corrected chi connectivity index (χ1v) is 8.95. The maximum atomic E-state index is 12.1. The molecule has 0 unspecified atom stereocenters. The van der Waals surface area contributed by atoms with Crippen molar-refractivity contribution in [3.63, 3.8) is 0 Å². The Hall–Kier alpha value is -2.54. The molecule has 7 nitrogen and oxygen atoms in total. The molecule has 7 heteroatoms. The normalized spacial score (nSPS) is 10.7. The minimum atomic E-state index is -0.308. The second kappa shape index (κ2) is 9.82. The Bertz CT molecular complexity index is 799. The smallest absolute Gasteiger partial charge is 0.332 e. The average molecular weight is 360 g/mol. The molecule has 1 aromatic carbocycles. The van der Waals surface area contributed by atoms with E-state index in [9.17, 15) is 9.59 Å². The van der Waals surface area contributed by atoms with E-state index in [4.69, 9.17) is 4.74 Å². The molecule has 142 valence electrons. The Kier molecular flexibility index (Phi) is 7.47. The van der Waals surface area contributed by atoms with E-state index in [0.717, 1.165) is 42.9 Å². The van der Waals surface area contributed by atoms with Gasteiger partial charge in [0.25, 0.3) is 5.56 Å². The van der Waals surface area contributed by atoms with Crippen LogP contribution in [-0.4, -0.2) is 41.9 Å². The van der Waals surface area contributed by atoms with Gasteiger partial charge in [-0.15, -0.1) is 0 Å². The number of hydrogen-bond acceptors (Lipinski definition) is 5. The van der Waals surface area contributed by atoms with Gasteiger partial charge in [0.2, 0.25) is 0 Å². The molecule has 1 heterocycles. The molecule has 0 aliphatic carbocycles. The summed E-state index contributed by atoms with van der Waals surface area (Å²) in [4.78, 5) is 26.0. The lowest BCUT2D eigenvalue weighted by Crippen LogP contribution is -2.42. The minimum Gasteiger partial charge on any atom is -0.494 e. The van der Waals surface area contributed by atoms with Crippen LogP contribution in [0.25, 0.3) is 0 Å². The van der Waals surface area contributed by atoms with Crippen LogP contribution in [-0.2, 0) is 14.1 Å². The first-order valence-electron chi connectivity index (χ1n) is 8.95. The van der Waals surface area contributed by atoms with E-state index in [1.807, 2.05) is 42.2 Å². The Morgan fingerprint density at radius 1 is 1.08 bits per heavy atom. The number of rotatable bonds is 10. The van der Waals surface area contributed by atoms with Gasteiger partial charge < -0.3 is 15.0 Å². The molecule has 1 N–H and O–H groups in total. The molecule has 0 fully saturated rings. The Morgan fingerprint density at radius 2 is 1.81 bits per heavy atom. The molecule has 2 aromatic rings. The molecule has 0 bridgehead atoms. The Balaban J connectivity index is 1.76. The predicted molar refractivity (Wildman–Crippen MR) is 104 cm³/mol. The van der Waals surface area contributed by atoms with Gasteiger partial charge in [-0.05, 0) is 32.0 Å². The average Bonchev–Trinajstić information content (AvgIpc) is 2.66. The van der Waals surface area contributed by atoms with Crippen molar-refractivity contribution in [1.82, 2.24) is 14.5 Å². The largest absolute Gasteiger partial charge is 0.494 e. The lowest BCUT2D eigenvalue weighted by Gasteiger charge is -2.25. The fraction of sp³-hybridized carbons (Fsp3) is 0.474. The highest BCUT2D eigenvalue weighted by Crippen LogP contribution is 2.08. The highest BCUT2D eigenvalue weighted by Gasteiger charge is 2.11. The highest BCUT2D eigenvalue weighted by atomic mass is 16.5. The number of benzene rings is 1. The molecule has 26 heavy (non-hydrogen) atoms. The summed E-state index contributed by atoms with van der Waals surface area (Å²) in [5.74, 6) is 1.53. The van der Waals surface area contributed by atoms with Crippen LogP contribution in [0.2, 0.25) is 0 Å². The van der Waals surface area contributed by atoms with E-state index < -0.39 is 0 Å². The van der Waals surface area contributed by atoms with Crippen LogP contribution in [0.15, 0.2) is 46.0 Å². The van der Waals surface area contributed by atoms with Crippen LogP contribution in [0.4, 0.5) is 5.82 Å². The van der Waals surface area contributed by atoms with E-state index in [1.54, 1.807) is 7.05 Å². The topological polar surface area (TPSA) is 68.5 Å². The monoisotopic (exact) mass is 360 g/mol. The summed E-state index contributed by atoms with van der Waals surface area (Å²) >= 11 is 0. The summed E-state index contributed by atoms with van der Waals surface area (Å²) in [6.07, 6.45) is 0.908. The van der Waals surface area contributed by atoms with Gasteiger partial charge in [-0.1, -0.05) is 18.2 Å². The van der Waals surface area contributed by atoms with Gasteiger partial charge >= 0.3 is 5.69 Å². The summed E-state index contributed by atoms with van der Waals surface area (Å²) < 4.78 is 8.28. The summed E-state index contributed by atoms with van der Waals surface area (Å²) in [6, 6.07) is 11.3. The molecular formula is C19H28N4O3. The van der Waals surface area contributed by atoms with Crippen molar-refractivity contribution in [2.24, 2.45) is 14.1 Å². The molecule has 1 aromatic heterocycles. The summed E-state index contributed by atoms with van der Waals surface area (Å²) in [5, 5.41) is 3.37. The van der Waals surface area contributed by atoms with Crippen molar-refractivity contribution in [3.05, 3.63) is 57.2 Å². The van der Waals surface area contributed by atoms with Crippen LogP contribution < -0.4 is 26.2 Å². The maximum Gasteiger partial charge on any atom is 0.332 e. The second-order valence-electron chi connectivity index (χ2n) is 6.09. The van der Waals surface area contributed by atoms with E-state index in [-0.39, 0.29) is 11.2 Å². The molecule has 2 rings (SSSR count). The van der Waals surface area contributed by atoms with E-state index in [0.29, 0.717) is 12.4 Å². The summed E-state index contributed by atoms with van der Waals surface area (Å²) in [5.41, 5.74) is -0.593. The second-order valence-corrected chi connectivity index (χ2v) is 6.09. The summed E-state index contributed by atoms with van der Waals surface area (Å²) in [6.45, 7) is 5.73. The molecule has 0 spiro atoms. The van der Waals surface area contributed by atoms with Crippen molar-refractivity contribution < 1.29 is 4.74 Å². The van der Waals surface area contributed by atoms with Crippen molar-refractivity contribution in [1.29, 1.82) is 0 Å².